The van der Waals surface area contributed by atoms with Gasteiger partial charge in [0.05, 0.1) is 9.92 Å². The fourth-order valence-electron chi connectivity index (χ4n) is 2.60. The van der Waals surface area contributed by atoms with Crippen molar-refractivity contribution in [3.8, 4) is 5.75 Å². The molecule has 3 N–H and O–H groups in total. The minimum Gasteiger partial charge on any atom is -0.433 e. The lowest BCUT2D eigenvalue weighted by molar-refractivity contribution is -0.0498. The number of hydrogen-bond donors (Lipinski definition) is 2. The van der Waals surface area contributed by atoms with Crippen LogP contribution >= 0.6 is 24.0 Å². The highest BCUT2D eigenvalue weighted by Crippen LogP contribution is 2.29. The third kappa shape index (κ3) is 5.70. The molecule has 0 aliphatic heterocycles. The van der Waals surface area contributed by atoms with Gasteiger partial charge in [-0.15, -0.1) is 12.4 Å². The van der Waals surface area contributed by atoms with Crippen molar-refractivity contribution in [1.82, 2.24) is 4.72 Å². The fourth-order valence-corrected chi connectivity index (χ4v) is 4.05. The van der Waals surface area contributed by atoms with E-state index in [2.05, 4.69) is 9.46 Å². The highest BCUT2D eigenvalue weighted by molar-refractivity contribution is 7.89. The second-order valence-corrected chi connectivity index (χ2v) is 7.89. The maximum absolute atomic E-state index is 12.3. The molecule has 0 bridgehead atoms. The highest BCUT2D eigenvalue weighted by Gasteiger charge is 2.29. The van der Waals surface area contributed by atoms with Crippen molar-refractivity contribution >= 4 is 34.0 Å². The summed E-state index contributed by atoms with van der Waals surface area (Å²) in [6, 6.07) is 3.34. The quantitative estimate of drug-likeness (QED) is 0.761. The molecule has 1 saturated carbocycles. The summed E-state index contributed by atoms with van der Waals surface area (Å²) >= 11 is 5.78. The topological polar surface area (TPSA) is 81.4 Å². The maximum atomic E-state index is 12.3. The number of rotatable bonds is 6. The number of sulfonamides is 1. The van der Waals surface area contributed by atoms with Crippen LogP contribution in [0.4, 0.5) is 8.78 Å². The third-order valence-electron chi connectivity index (χ3n) is 3.89. The van der Waals surface area contributed by atoms with Crippen LogP contribution < -0.4 is 15.2 Å². The Kier molecular flexibility index (Phi) is 7.68. The number of nitrogens with two attached hydrogens (primary N) is 1. The van der Waals surface area contributed by atoms with E-state index < -0.39 is 22.2 Å². The molecule has 10 heteroatoms. The van der Waals surface area contributed by atoms with Gasteiger partial charge in [0, 0.05) is 12.1 Å². The van der Waals surface area contributed by atoms with Gasteiger partial charge in [-0.2, -0.15) is 8.78 Å². The molecule has 1 aliphatic rings. The van der Waals surface area contributed by atoms with Crippen LogP contribution in [0.2, 0.25) is 5.02 Å². The van der Waals surface area contributed by atoms with E-state index in [1.807, 2.05) is 0 Å². The van der Waals surface area contributed by atoms with Crippen LogP contribution in [-0.4, -0.2) is 27.1 Å². The monoisotopic (exact) mass is 404 g/mol. The molecule has 1 aromatic carbocycles. The molecule has 5 nitrogen and oxygen atoms in total. The van der Waals surface area contributed by atoms with E-state index in [0.29, 0.717) is 0 Å². The second-order valence-electron chi connectivity index (χ2n) is 5.72. The fraction of sp³-hybridized carbons (Fsp3) is 0.571. The highest BCUT2D eigenvalue weighted by atomic mass is 35.5. The molecular weight excluding hydrogens is 385 g/mol. The van der Waals surface area contributed by atoms with Gasteiger partial charge in [0.25, 0.3) is 0 Å². The SMILES string of the molecule is Cl.NC1(CNS(=O)(=O)c2ccc(OC(F)F)c(Cl)c2)CCCCC1. The van der Waals surface area contributed by atoms with E-state index >= 15 is 0 Å². The molecule has 0 amide bonds. The Morgan fingerprint density at radius 1 is 1.29 bits per heavy atom. The third-order valence-corrected chi connectivity index (χ3v) is 5.59. The van der Waals surface area contributed by atoms with Crippen LogP contribution in [0, 0.1) is 0 Å². The summed E-state index contributed by atoms with van der Waals surface area (Å²) < 4.78 is 55.6. The molecule has 1 aromatic rings. The van der Waals surface area contributed by atoms with E-state index in [9.17, 15) is 17.2 Å². The van der Waals surface area contributed by atoms with Gasteiger partial charge in [-0.1, -0.05) is 30.9 Å². The lowest BCUT2D eigenvalue weighted by atomic mass is 9.83. The summed E-state index contributed by atoms with van der Waals surface area (Å²) in [6.45, 7) is -2.90. The summed E-state index contributed by atoms with van der Waals surface area (Å²) in [5.41, 5.74) is 5.65. The second kappa shape index (κ2) is 8.62. The molecule has 138 valence electrons. The predicted octanol–water partition coefficient (Wildman–Crippen LogP) is 3.30. The van der Waals surface area contributed by atoms with Gasteiger partial charge in [0.1, 0.15) is 5.75 Å². The largest absolute Gasteiger partial charge is 0.433 e. The molecule has 2 rings (SSSR count). The van der Waals surface area contributed by atoms with E-state index in [1.165, 1.54) is 0 Å². The van der Waals surface area contributed by atoms with Crippen LogP contribution in [0.5, 0.6) is 5.75 Å². The van der Waals surface area contributed by atoms with Gasteiger partial charge < -0.3 is 10.5 Å². The molecular formula is C14H20Cl2F2N2O3S. The van der Waals surface area contributed by atoms with Crippen LogP contribution in [-0.2, 0) is 10.0 Å². The van der Waals surface area contributed by atoms with Crippen LogP contribution in [0.1, 0.15) is 32.1 Å². The molecule has 0 radical (unpaired) electrons. The van der Waals surface area contributed by atoms with E-state index in [0.717, 1.165) is 50.3 Å². The minimum absolute atomic E-state index is 0. The number of hydrogen-bond acceptors (Lipinski definition) is 4. The van der Waals surface area contributed by atoms with Crippen LogP contribution in [0.3, 0.4) is 0 Å². The van der Waals surface area contributed by atoms with E-state index in [4.69, 9.17) is 17.3 Å². The van der Waals surface area contributed by atoms with Crippen molar-refractivity contribution < 1.29 is 21.9 Å². The number of nitrogens with one attached hydrogen (secondary N) is 1. The first-order valence-corrected chi connectivity index (χ1v) is 9.11. The van der Waals surface area contributed by atoms with E-state index in [1.54, 1.807) is 0 Å². The molecule has 0 unspecified atom stereocenters. The van der Waals surface area contributed by atoms with Gasteiger partial charge in [0.2, 0.25) is 10.0 Å². The Morgan fingerprint density at radius 2 is 1.92 bits per heavy atom. The van der Waals surface area contributed by atoms with Crippen LogP contribution in [0.15, 0.2) is 23.1 Å². The summed E-state index contributed by atoms with van der Waals surface area (Å²) in [5, 5.41) is -0.201. The lowest BCUT2D eigenvalue weighted by Crippen LogP contribution is -2.51. The Labute approximate surface area is 151 Å². The van der Waals surface area contributed by atoms with Crippen molar-refractivity contribution in [3.63, 3.8) is 0 Å². The van der Waals surface area contributed by atoms with Crippen molar-refractivity contribution in [3.05, 3.63) is 23.2 Å². The van der Waals surface area contributed by atoms with Crippen molar-refractivity contribution in [2.75, 3.05) is 6.54 Å². The maximum Gasteiger partial charge on any atom is 0.387 e. The zero-order valence-corrected chi connectivity index (χ0v) is 15.2. The van der Waals surface area contributed by atoms with Gasteiger partial charge in [0.15, 0.2) is 0 Å². The average Bonchev–Trinajstić information content (AvgIpc) is 2.48. The van der Waals surface area contributed by atoms with Crippen molar-refractivity contribution in [1.29, 1.82) is 0 Å². The average molecular weight is 405 g/mol. The molecule has 0 heterocycles. The first-order chi connectivity index (χ1) is 10.7. The normalized spacial score (nSPS) is 17.4. The van der Waals surface area contributed by atoms with E-state index in [-0.39, 0.29) is 34.6 Å². The van der Waals surface area contributed by atoms with Gasteiger partial charge in [-0.05, 0) is 31.0 Å². The Hall–Kier alpha value is -0.670. The molecule has 0 spiro atoms. The van der Waals surface area contributed by atoms with Gasteiger partial charge >= 0.3 is 6.61 Å². The van der Waals surface area contributed by atoms with Crippen molar-refractivity contribution in [2.24, 2.45) is 5.73 Å². The first kappa shape index (κ1) is 21.4. The predicted molar refractivity (Wildman–Crippen MR) is 90.5 cm³/mol. The first-order valence-electron chi connectivity index (χ1n) is 7.25. The summed E-state index contributed by atoms with van der Waals surface area (Å²) in [6.07, 6.45) is 4.58. The zero-order chi connectivity index (χ0) is 17.1. The smallest absolute Gasteiger partial charge is 0.387 e. The number of benzene rings is 1. The zero-order valence-electron chi connectivity index (χ0n) is 12.8. The lowest BCUT2D eigenvalue weighted by Gasteiger charge is -2.33. The Morgan fingerprint density at radius 3 is 2.46 bits per heavy atom. The van der Waals surface area contributed by atoms with Gasteiger partial charge in [-0.25, -0.2) is 13.1 Å². The Balaban J connectivity index is 0.00000288. The van der Waals surface area contributed by atoms with Crippen LogP contribution in [0.25, 0.3) is 0 Å². The Bertz CT molecular complexity index is 653. The standard InChI is InChI=1S/C14H19ClF2N2O3S.ClH/c15-11-8-10(4-5-12(11)22-13(16)17)23(20,21)19-9-14(18)6-2-1-3-7-14;/h4-5,8,13,19H,1-3,6-7,9,18H2;1H. The molecule has 1 aliphatic carbocycles. The molecule has 1 fully saturated rings. The number of alkyl halides is 2. The molecule has 24 heavy (non-hydrogen) atoms. The summed E-state index contributed by atoms with van der Waals surface area (Å²) in [4.78, 5) is -0.122. The number of ether oxygens (including phenoxy) is 1. The number of halogens is 4. The summed E-state index contributed by atoms with van der Waals surface area (Å²) in [5.74, 6) is -0.275. The summed E-state index contributed by atoms with van der Waals surface area (Å²) in [7, 11) is -3.82. The van der Waals surface area contributed by atoms with Gasteiger partial charge in [-0.3, -0.25) is 0 Å². The molecule has 0 atom stereocenters. The minimum atomic E-state index is -3.82. The van der Waals surface area contributed by atoms with Crippen molar-refractivity contribution in [2.45, 2.75) is 49.2 Å². The molecule has 0 aromatic heterocycles. The molecule has 0 saturated heterocycles.